The molecule has 1 heterocycles. The summed E-state index contributed by atoms with van der Waals surface area (Å²) in [4.78, 5) is 14.5. The smallest absolute Gasteiger partial charge is 0.274 e. The Bertz CT molecular complexity index is 640. The largest absolute Gasteiger partial charge is 0.376 e. The maximum Gasteiger partial charge on any atom is 0.274 e. The van der Waals surface area contributed by atoms with Crippen molar-refractivity contribution in [3.05, 3.63) is 52.2 Å². The highest BCUT2D eigenvalue weighted by molar-refractivity contribution is 7.80. The highest BCUT2D eigenvalue weighted by atomic mass is 32.1. The third-order valence-electron chi connectivity index (χ3n) is 3.15. The van der Waals surface area contributed by atoms with Crippen LogP contribution >= 0.6 is 23.6 Å². The van der Waals surface area contributed by atoms with Crippen LogP contribution in [0, 0.1) is 0 Å². The summed E-state index contributed by atoms with van der Waals surface area (Å²) in [6.45, 7) is 6.43. The molecule has 0 radical (unpaired) electrons. The fourth-order valence-corrected chi connectivity index (χ4v) is 2.81. The molecule has 1 aromatic carbocycles. The number of hydrogen-bond acceptors (Lipinski definition) is 3. The van der Waals surface area contributed by atoms with Gasteiger partial charge in [0.05, 0.1) is 10.6 Å². The number of carbonyl (C=O) groups excluding carboxylic acids is 1. The average Bonchev–Trinajstić information content (AvgIpc) is 2.91. The predicted octanol–water partition coefficient (Wildman–Crippen LogP) is 3.94. The third kappa shape index (κ3) is 3.49. The lowest BCUT2D eigenvalue weighted by atomic mass is 9.87. The first kappa shape index (κ1) is 15.7. The number of carbonyl (C=O) groups is 1. The zero-order valence-electron chi connectivity index (χ0n) is 12.3. The van der Waals surface area contributed by atoms with Gasteiger partial charge < -0.3 is 5.73 Å². The molecule has 0 aliphatic heterocycles. The summed E-state index contributed by atoms with van der Waals surface area (Å²) in [6.07, 6.45) is 0. The Hall–Kier alpha value is -1.72. The van der Waals surface area contributed by atoms with Crippen LogP contribution in [0.25, 0.3) is 0 Å². The van der Waals surface area contributed by atoms with Gasteiger partial charge in [-0.3, -0.25) is 9.69 Å². The monoisotopic (exact) mass is 318 g/mol. The number of anilines is 1. The van der Waals surface area contributed by atoms with Crippen molar-refractivity contribution in [1.29, 1.82) is 0 Å². The van der Waals surface area contributed by atoms with Gasteiger partial charge >= 0.3 is 0 Å². The van der Waals surface area contributed by atoms with E-state index in [2.05, 4.69) is 20.8 Å². The van der Waals surface area contributed by atoms with Crippen molar-refractivity contribution in [2.24, 2.45) is 5.73 Å². The van der Waals surface area contributed by atoms with Crippen LogP contribution in [0.15, 0.2) is 41.8 Å². The summed E-state index contributed by atoms with van der Waals surface area (Å²) in [5, 5.41) is 1.91. The zero-order chi connectivity index (χ0) is 15.6. The molecule has 110 valence electrons. The highest BCUT2D eigenvalue weighted by Gasteiger charge is 2.22. The van der Waals surface area contributed by atoms with Gasteiger partial charge in [-0.25, -0.2) is 0 Å². The van der Waals surface area contributed by atoms with Crippen molar-refractivity contribution in [2.75, 3.05) is 4.90 Å². The van der Waals surface area contributed by atoms with Gasteiger partial charge in [0.1, 0.15) is 0 Å². The Kier molecular flexibility index (Phi) is 4.44. The van der Waals surface area contributed by atoms with Gasteiger partial charge in [0.15, 0.2) is 5.11 Å². The summed E-state index contributed by atoms with van der Waals surface area (Å²) in [6, 6.07) is 11.4. The van der Waals surface area contributed by atoms with E-state index in [1.54, 1.807) is 6.07 Å². The standard InChI is InChI=1S/C16H18N2OS2/c1-16(2,3)11-6-8-12(9-7-11)18(15(17)20)14(19)13-5-4-10-21-13/h4-10H,1-3H3,(H2,17,20). The lowest BCUT2D eigenvalue weighted by Gasteiger charge is -2.23. The van der Waals surface area contributed by atoms with Crippen molar-refractivity contribution >= 4 is 40.3 Å². The summed E-state index contributed by atoms with van der Waals surface area (Å²) in [5.74, 6) is -0.194. The summed E-state index contributed by atoms with van der Waals surface area (Å²) in [5.41, 5.74) is 7.68. The minimum absolute atomic E-state index is 0.0527. The number of thiophene rings is 1. The van der Waals surface area contributed by atoms with Crippen LogP contribution in [0.4, 0.5) is 5.69 Å². The normalized spacial score (nSPS) is 11.2. The SMILES string of the molecule is CC(C)(C)c1ccc(N(C(=O)c2cccs2)C(N)=S)cc1. The van der Waals surface area contributed by atoms with E-state index in [9.17, 15) is 4.79 Å². The number of thiocarbonyl (C=S) groups is 1. The molecule has 3 nitrogen and oxygen atoms in total. The second kappa shape index (κ2) is 5.95. The first-order valence-electron chi connectivity index (χ1n) is 6.58. The third-order valence-corrected chi connectivity index (χ3v) is 4.19. The molecule has 0 bridgehead atoms. The number of benzene rings is 1. The van der Waals surface area contributed by atoms with Crippen LogP contribution in [0.2, 0.25) is 0 Å². The molecule has 5 heteroatoms. The fraction of sp³-hybridized carbons (Fsp3) is 0.250. The molecule has 21 heavy (non-hydrogen) atoms. The minimum atomic E-state index is -0.194. The van der Waals surface area contributed by atoms with Gasteiger partial charge in [0, 0.05) is 0 Å². The van der Waals surface area contributed by atoms with Crippen molar-refractivity contribution in [2.45, 2.75) is 26.2 Å². The van der Waals surface area contributed by atoms with E-state index in [-0.39, 0.29) is 16.4 Å². The summed E-state index contributed by atoms with van der Waals surface area (Å²) < 4.78 is 0. The Labute approximate surface area is 134 Å². The summed E-state index contributed by atoms with van der Waals surface area (Å²) >= 11 is 6.42. The number of amides is 1. The molecular formula is C16H18N2OS2. The second-order valence-corrected chi connectivity index (χ2v) is 7.12. The van der Waals surface area contributed by atoms with E-state index < -0.39 is 0 Å². The Morgan fingerprint density at radius 3 is 2.24 bits per heavy atom. The lowest BCUT2D eigenvalue weighted by Crippen LogP contribution is -2.40. The van der Waals surface area contributed by atoms with Crippen molar-refractivity contribution in [3.8, 4) is 0 Å². The first-order chi connectivity index (χ1) is 9.80. The molecule has 0 fully saturated rings. The molecule has 0 unspecified atom stereocenters. The van der Waals surface area contributed by atoms with E-state index in [0.29, 0.717) is 10.6 Å². The maximum absolute atomic E-state index is 12.5. The van der Waals surface area contributed by atoms with Crippen molar-refractivity contribution < 1.29 is 4.79 Å². The highest BCUT2D eigenvalue weighted by Crippen LogP contribution is 2.26. The number of nitrogens with zero attached hydrogens (tertiary/aromatic N) is 1. The fourth-order valence-electron chi connectivity index (χ4n) is 1.97. The Balaban J connectivity index is 2.36. The van der Waals surface area contributed by atoms with Crippen LogP contribution in [-0.2, 0) is 5.41 Å². The number of hydrogen-bond donors (Lipinski definition) is 1. The van der Waals surface area contributed by atoms with E-state index in [1.165, 1.54) is 21.8 Å². The molecule has 0 saturated carbocycles. The molecule has 0 saturated heterocycles. The second-order valence-electron chi connectivity index (χ2n) is 5.75. The van der Waals surface area contributed by atoms with E-state index in [0.717, 1.165) is 0 Å². The molecule has 0 spiro atoms. The van der Waals surface area contributed by atoms with Gasteiger partial charge in [0.2, 0.25) is 0 Å². The van der Waals surface area contributed by atoms with E-state index in [4.69, 9.17) is 18.0 Å². The van der Waals surface area contributed by atoms with Gasteiger partial charge in [0.25, 0.3) is 5.91 Å². The van der Waals surface area contributed by atoms with Crippen LogP contribution < -0.4 is 10.6 Å². The molecule has 2 N–H and O–H groups in total. The van der Waals surface area contributed by atoms with Gasteiger partial charge in [-0.2, -0.15) is 0 Å². The van der Waals surface area contributed by atoms with Gasteiger partial charge in [-0.05, 0) is 46.8 Å². The molecule has 2 aromatic rings. The molecular weight excluding hydrogens is 300 g/mol. The summed E-state index contributed by atoms with van der Waals surface area (Å²) in [7, 11) is 0. The Morgan fingerprint density at radius 2 is 1.81 bits per heavy atom. The van der Waals surface area contributed by atoms with Crippen molar-refractivity contribution in [1.82, 2.24) is 0 Å². The van der Waals surface area contributed by atoms with Crippen LogP contribution in [0.3, 0.4) is 0 Å². The van der Waals surface area contributed by atoms with Crippen LogP contribution in [0.1, 0.15) is 36.0 Å². The molecule has 2 rings (SSSR count). The van der Waals surface area contributed by atoms with Gasteiger partial charge in [-0.15, -0.1) is 11.3 Å². The van der Waals surface area contributed by atoms with E-state index in [1.807, 2.05) is 35.7 Å². The van der Waals surface area contributed by atoms with Crippen LogP contribution in [-0.4, -0.2) is 11.0 Å². The lowest BCUT2D eigenvalue weighted by molar-refractivity contribution is 0.101. The molecule has 0 aliphatic rings. The molecule has 1 aromatic heterocycles. The quantitative estimate of drug-likeness (QED) is 0.853. The Morgan fingerprint density at radius 1 is 1.19 bits per heavy atom. The maximum atomic E-state index is 12.5. The van der Waals surface area contributed by atoms with Crippen molar-refractivity contribution in [3.63, 3.8) is 0 Å². The minimum Gasteiger partial charge on any atom is -0.376 e. The first-order valence-corrected chi connectivity index (χ1v) is 7.87. The van der Waals surface area contributed by atoms with Crippen LogP contribution in [0.5, 0.6) is 0 Å². The van der Waals surface area contributed by atoms with E-state index >= 15 is 0 Å². The number of nitrogens with two attached hydrogens (primary N) is 1. The topological polar surface area (TPSA) is 46.3 Å². The molecule has 1 amide bonds. The average molecular weight is 318 g/mol. The zero-order valence-corrected chi connectivity index (χ0v) is 13.9. The molecule has 0 atom stereocenters. The predicted molar refractivity (Wildman–Crippen MR) is 93.1 cm³/mol. The molecule has 0 aliphatic carbocycles. The number of rotatable bonds is 2. The van der Waals surface area contributed by atoms with Gasteiger partial charge in [-0.1, -0.05) is 39.0 Å².